The van der Waals surface area contributed by atoms with Gasteiger partial charge in [0, 0.05) is 43.7 Å². The van der Waals surface area contributed by atoms with Crippen LogP contribution in [0.2, 0.25) is 0 Å². The number of pyridine rings is 1. The maximum absolute atomic E-state index is 13.5. The SMILES string of the molecule is CC(C)CC#Cc1cnc2c(c1)C(=O)N([C@H](C)CO)C[C@@H](C)[C@H](CN(C)Cc1ccc3c(c1)OCO3)O2. The largest absolute Gasteiger partial charge is 0.472 e. The fourth-order valence-corrected chi connectivity index (χ4v) is 4.47. The average Bonchev–Trinajstić information content (AvgIpc) is 3.33. The van der Waals surface area contributed by atoms with Crippen LogP contribution in [0, 0.1) is 23.7 Å². The number of carbonyl (C=O) groups excluding carboxylic acids is 1. The Morgan fingerprint density at radius 2 is 2.00 bits per heavy atom. The summed E-state index contributed by atoms with van der Waals surface area (Å²) in [5.74, 6) is 8.39. The zero-order valence-electron chi connectivity index (χ0n) is 22.4. The third kappa shape index (κ3) is 6.54. The van der Waals surface area contributed by atoms with Gasteiger partial charge in [0.1, 0.15) is 11.7 Å². The Bertz CT molecular complexity index is 1170. The van der Waals surface area contributed by atoms with Crippen LogP contribution in [0.4, 0.5) is 0 Å². The number of hydrogen-bond donors (Lipinski definition) is 1. The van der Waals surface area contributed by atoms with Crippen LogP contribution in [-0.4, -0.2) is 71.5 Å². The van der Waals surface area contributed by atoms with Gasteiger partial charge in [0.05, 0.1) is 12.6 Å². The summed E-state index contributed by atoms with van der Waals surface area (Å²) >= 11 is 0. The van der Waals surface area contributed by atoms with Crippen molar-refractivity contribution in [2.45, 2.75) is 52.8 Å². The number of nitrogens with zero attached hydrogens (tertiary/aromatic N) is 3. The molecule has 1 N–H and O–H groups in total. The molecule has 1 amide bonds. The van der Waals surface area contributed by atoms with E-state index in [1.165, 1.54) is 0 Å². The Kier molecular flexibility index (Phi) is 8.57. The molecular formula is C29H37N3O5. The molecule has 2 aliphatic rings. The van der Waals surface area contributed by atoms with Gasteiger partial charge in [-0.15, -0.1) is 0 Å². The second-order valence-electron chi connectivity index (χ2n) is 10.5. The first-order chi connectivity index (χ1) is 17.7. The Morgan fingerprint density at radius 1 is 1.22 bits per heavy atom. The molecule has 0 radical (unpaired) electrons. The molecule has 0 unspecified atom stereocenters. The van der Waals surface area contributed by atoms with Crippen LogP contribution in [0.5, 0.6) is 17.4 Å². The second-order valence-corrected chi connectivity index (χ2v) is 10.5. The first-order valence-corrected chi connectivity index (χ1v) is 12.9. The summed E-state index contributed by atoms with van der Waals surface area (Å²) < 4.78 is 17.3. The number of aliphatic hydroxyl groups is 1. The number of benzene rings is 1. The molecule has 1 aromatic heterocycles. The molecule has 3 heterocycles. The van der Waals surface area contributed by atoms with Gasteiger partial charge < -0.3 is 24.2 Å². The number of fused-ring (bicyclic) bond motifs is 2. The maximum atomic E-state index is 13.5. The number of rotatable bonds is 7. The lowest BCUT2D eigenvalue weighted by atomic mass is 9.99. The smallest absolute Gasteiger partial charge is 0.259 e. The number of ether oxygens (including phenoxy) is 3. The Balaban J connectivity index is 1.57. The molecule has 0 saturated carbocycles. The Morgan fingerprint density at radius 3 is 2.76 bits per heavy atom. The molecule has 2 aliphatic heterocycles. The lowest BCUT2D eigenvalue weighted by Gasteiger charge is -2.37. The van der Waals surface area contributed by atoms with E-state index in [1.807, 2.05) is 32.2 Å². The van der Waals surface area contributed by atoms with Crippen molar-refractivity contribution in [1.82, 2.24) is 14.8 Å². The molecule has 0 saturated heterocycles. The number of aromatic nitrogens is 1. The molecule has 8 nitrogen and oxygen atoms in total. The maximum Gasteiger partial charge on any atom is 0.259 e. The fourth-order valence-electron chi connectivity index (χ4n) is 4.47. The Hall–Kier alpha value is -3.28. The van der Waals surface area contributed by atoms with E-state index in [1.54, 1.807) is 17.2 Å². The van der Waals surface area contributed by atoms with Gasteiger partial charge in [-0.1, -0.05) is 38.7 Å². The van der Waals surface area contributed by atoms with Crippen molar-refractivity contribution >= 4 is 5.91 Å². The molecule has 0 spiro atoms. The highest BCUT2D eigenvalue weighted by Gasteiger charge is 2.34. The van der Waals surface area contributed by atoms with Crippen molar-refractivity contribution in [2.75, 3.05) is 33.5 Å². The van der Waals surface area contributed by atoms with Gasteiger partial charge in [0.2, 0.25) is 12.7 Å². The minimum absolute atomic E-state index is 0.0117. The number of aliphatic hydroxyl groups excluding tert-OH is 1. The molecule has 2 aromatic rings. The highest BCUT2D eigenvalue weighted by Crippen LogP contribution is 2.33. The molecule has 37 heavy (non-hydrogen) atoms. The van der Waals surface area contributed by atoms with Crippen LogP contribution in [0.25, 0.3) is 0 Å². The second kappa shape index (κ2) is 11.8. The van der Waals surface area contributed by atoms with Crippen LogP contribution in [0.1, 0.15) is 55.6 Å². The van der Waals surface area contributed by atoms with Gasteiger partial charge in [-0.05, 0) is 43.7 Å². The highest BCUT2D eigenvalue weighted by molar-refractivity contribution is 5.97. The van der Waals surface area contributed by atoms with E-state index in [0.717, 1.165) is 23.5 Å². The summed E-state index contributed by atoms with van der Waals surface area (Å²) in [6.45, 7) is 10.1. The molecule has 0 bridgehead atoms. The molecule has 8 heteroatoms. The van der Waals surface area contributed by atoms with Crippen molar-refractivity contribution in [1.29, 1.82) is 0 Å². The predicted octanol–water partition coefficient (Wildman–Crippen LogP) is 3.56. The lowest BCUT2D eigenvalue weighted by molar-refractivity contribution is 0.0325. The minimum Gasteiger partial charge on any atom is -0.472 e. The number of carbonyl (C=O) groups is 1. The number of hydrogen-bond acceptors (Lipinski definition) is 7. The van der Waals surface area contributed by atoms with Gasteiger partial charge >= 0.3 is 0 Å². The summed E-state index contributed by atoms with van der Waals surface area (Å²) in [5.41, 5.74) is 2.17. The van der Waals surface area contributed by atoms with E-state index in [2.05, 4.69) is 42.5 Å². The third-order valence-electron chi connectivity index (χ3n) is 6.65. The average molecular weight is 508 g/mol. The van der Waals surface area contributed by atoms with Gasteiger partial charge in [-0.2, -0.15) is 0 Å². The molecule has 198 valence electrons. The zero-order chi connectivity index (χ0) is 26.5. The topological polar surface area (TPSA) is 84.4 Å². The highest BCUT2D eigenvalue weighted by atomic mass is 16.7. The van der Waals surface area contributed by atoms with E-state index in [4.69, 9.17) is 14.2 Å². The molecule has 3 atom stereocenters. The third-order valence-corrected chi connectivity index (χ3v) is 6.65. The summed E-state index contributed by atoms with van der Waals surface area (Å²) in [7, 11) is 2.04. The van der Waals surface area contributed by atoms with E-state index < -0.39 is 0 Å². The molecule has 0 aliphatic carbocycles. The van der Waals surface area contributed by atoms with Crippen LogP contribution in [0.15, 0.2) is 30.5 Å². The van der Waals surface area contributed by atoms with Gasteiger partial charge in [-0.3, -0.25) is 9.69 Å². The van der Waals surface area contributed by atoms with E-state index in [-0.39, 0.29) is 37.4 Å². The van der Waals surface area contributed by atoms with Crippen LogP contribution in [0.3, 0.4) is 0 Å². The van der Waals surface area contributed by atoms with E-state index in [9.17, 15) is 9.90 Å². The van der Waals surface area contributed by atoms with Crippen LogP contribution >= 0.6 is 0 Å². The van der Waals surface area contributed by atoms with Crippen molar-refractivity contribution in [3.8, 4) is 29.2 Å². The van der Waals surface area contributed by atoms with Crippen LogP contribution in [-0.2, 0) is 6.54 Å². The summed E-state index contributed by atoms with van der Waals surface area (Å²) in [6, 6.07) is 7.40. The van der Waals surface area contributed by atoms with E-state index >= 15 is 0 Å². The standard InChI is InChI=1S/C29H37N3O5/c1-19(2)7-6-8-22-11-24-28(30-13-22)37-27(20(3)14-32(29(24)34)21(4)17-33)16-31(5)15-23-9-10-25-26(12-23)36-18-35-25/h9-13,19-21,27,33H,7,14-18H2,1-5H3/t20-,21-,27+/m1/s1. The molecule has 0 fully saturated rings. The lowest BCUT2D eigenvalue weighted by Crippen LogP contribution is -2.49. The zero-order valence-corrected chi connectivity index (χ0v) is 22.4. The first kappa shape index (κ1) is 26.8. The van der Waals surface area contributed by atoms with E-state index in [0.29, 0.717) is 42.6 Å². The monoisotopic (exact) mass is 507 g/mol. The van der Waals surface area contributed by atoms with Gasteiger partial charge in [0.25, 0.3) is 5.91 Å². The fraction of sp³-hybridized carbons (Fsp3) is 0.517. The predicted molar refractivity (Wildman–Crippen MR) is 141 cm³/mol. The van der Waals surface area contributed by atoms with Gasteiger partial charge in [-0.25, -0.2) is 4.98 Å². The summed E-state index contributed by atoms with van der Waals surface area (Å²) in [4.78, 5) is 22.0. The molecular weight excluding hydrogens is 470 g/mol. The Labute approximate surface area is 219 Å². The normalized spacial score (nSPS) is 19.6. The van der Waals surface area contributed by atoms with Crippen LogP contribution < -0.4 is 14.2 Å². The molecule has 4 rings (SSSR count). The number of amides is 1. The summed E-state index contributed by atoms with van der Waals surface area (Å²) in [5, 5.41) is 9.88. The quantitative estimate of drug-likeness (QED) is 0.574. The van der Waals surface area contributed by atoms with Crippen molar-refractivity contribution in [2.24, 2.45) is 11.8 Å². The van der Waals surface area contributed by atoms with Crippen molar-refractivity contribution in [3.63, 3.8) is 0 Å². The van der Waals surface area contributed by atoms with Crippen molar-refractivity contribution in [3.05, 3.63) is 47.2 Å². The van der Waals surface area contributed by atoms with Crippen molar-refractivity contribution < 1.29 is 24.1 Å². The number of likely N-dealkylation sites (N-methyl/N-ethyl adjacent to an activating group) is 1. The first-order valence-electron chi connectivity index (χ1n) is 12.9. The molecule has 1 aromatic carbocycles. The van der Waals surface area contributed by atoms with Gasteiger partial charge in [0.15, 0.2) is 11.5 Å². The summed E-state index contributed by atoms with van der Waals surface area (Å²) in [6.07, 6.45) is 2.22. The minimum atomic E-state index is -0.330.